The molecule has 124 valence electrons. The Hall–Kier alpha value is -0.900. The number of aliphatic hydroxyl groups is 1. The molecule has 1 saturated carbocycles. The van der Waals surface area contributed by atoms with E-state index in [0.29, 0.717) is 12.6 Å². The average Bonchev–Trinajstić information content (AvgIpc) is 3.33. The Morgan fingerprint density at radius 3 is 2.36 bits per heavy atom. The van der Waals surface area contributed by atoms with Crippen LogP contribution in [0.3, 0.4) is 0 Å². The van der Waals surface area contributed by atoms with Crippen LogP contribution in [0.5, 0.6) is 0 Å². The minimum absolute atomic E-state index is 0.266. The van der Waals surface area contributed by atoms with Crippen LogP contribution in [-0.2, 0) is 17.6 Å². The predicted octanol–water partition coefficient (Wildman–Crippen LogP) is 2.95. The van der Waals surface area contributed by atoms with Gasteiger partial charge in [0.2, 0.25) is 0 Å². The second-order valence-electron chi connectivity index (χ2n) is 6.84. The average molecular weight is 305 g/mol. The van der Waals surface area contributed by atoms with Gasteiger partial charge in [-0.1, -0.05) is 38.1 Å². The van der Waals surface area contributed by atoms with Gasteiger partial charge in [-0.3, -0.25) is 0 Å². The molecule has 0 aliphatic heterocycles. The summed E-state index contributed by atoms with van der Waals surface area (Å²) in [6.45, 7) is 6.64. The predicted molar refractivity (Wildman–Crippen MR) is 91.2 cm³/mol. The molecule has 0 radical (unpaired) electrons. The van der Waals surface area contributed by atoms with E-state index >= 15 is 0 Å². The number of hydrogen-bond donors (Lipinski definition) is 2. The summed E-state index contributed by atoms with van der Waals surface area (Å²) in [6, 6.07) is 9.16. The Morgan fingerprint density at radius 1 is 1.14 bits per heavy atom. The van der Waals surface area contributed by atoms with Crippen LogP contribution in [0.15, 0.2) is 24.3 Å². The molecular formula is C19H31NO2. The van der Waals surface area contributed by atoms with Gasteiger partial charge in [-0.2, -0.15) is 0 Å². The van der Waals surface area contributed by atoms with Crippen LogP contribution >= 0.6 is 0 Å². The van der Waals surface area contributed by atoms with Gasteiger partial charge < -0.3 is 15.2 Å². The zero-order valence-corrected chi connectivity index (χ0v) is 14.1. The Bertz CT molecular complexity index is 412. The zero-order chi connectivity index (χ0) is 15.8. The molecule has 0 bridgehead atoms. The summed E-state index contributed by atoms with van der Waals surface area (Å²) in [5.41, 5.74) is 2.63. The van der Waals surface area contributed by atoms with Crippen LogP contribution in [0.25, 0.3) is 0 Å². The lowest BCUT2D eigenvalue weighted by molar-refractivity contribution is 0.127. The lowest BCUT2D eigenvalue weighted by Crippen LogP contribution is -2.32. The Kier molecular flexibility index (Phi) is 7.37. The third kappa shape index (κ3) is 7.39. The van der Waals surface area contributed by atoms with Crippen molar-refractivity contribution in [3.63, 3.8) is 0 Å². The molecule has 0 aromatic heterocycles. The molecule has 0 saturated heterocycles. The lowest BCUT2D eigenvalue weighted by Gasteiger charge is -2.14. The summed E-state index contributed by atoms with van der Waals surface area (Å²) < 4.78 is 5.68. The van der Waals surface area contributed by atoms with Gasteiger partial charge in [0.15, 0.2) is 0 Å². The number of aliphatic hydroxyl groups excluding tert-OH is 1. The normalized spacial score (nSPS) is 16.2. The highest BCUT2D eigenvalue weighted by atomic mass is 16.5. The molecule has 3 heteroatoms. The van der Waals surface area contributed by atoms with E-state index in [2.05, 4.69) is 43.4 Å². The van der Waals surface area contributed by atoms with Crippen molar-refractivity contribution in [1.82, 2.24) is 5.32 Å². The first-order valence-electron chi connectivity index (χ1n) is 8.70. The van der Waals surface area contributed by atoms with Crippen molar-refractivity contribution >= 4 is 0 Å². The van der Waals surface area contributed by atoms with E-state index in [4.69, 9.17) is 4.74 Å². The molecule has 1 fully saturated rings. The van der Waals surface area contributed by atoms with Crippen molar-refractivity contribution in [3.05, 3.63) is 35.4 Å². The Morgan fingerprint density at radius 2 is 1.77 bits per heavy atom. The van der Waals surface area contributed by atoms with E-state index in [1.54, 1.807) is 0 Å². The van der Waals surface area contributed by atoms with Gasteiger partial charge in [0, 0.05) is 19.2 Å². The largest absolute Gasteiger partial charge is 0.392 e. The quantitative estimate of drug-likeness (QED) is 0.618. The minimum Gasteiger partial charge on any atom is -0.392 e. The number of aryl methyl sites for hydroxylation is 1. The van der Waals surface area contributed by atoms with Crippen molar-refractivity contribution in [2.24, 2.45) is 5.92 Å². The highest BCUT2D eigenvalue weighted by molar-refractivity contribution is 5.22. The molecule has 1 aliphatic carbocycles. The number of ether oxygens (including phenoxy) is 1. The van der Waals surface area contributed by atoms with Gasteiger partial charge in [-0.25, -0.2) is 0 Å². The standard InChI is InChI=1S/C19H31NO2/c1-15(2)20-13-19(21)10-9-16-3-5-17(6-4-16)11-12-22-14-18-7-8-18/h3-6,15,18-21H,7-14H2,1-2H3. The van der Waals surface area contributed by atoms with Crippen molar-refractivity contribution in [2.75, 3.05) is 19.8 Å². The molecule has 22 heavy (non-hydrogen) atoms. The van der Waals surface area contributed by atoms with Gasteiger partial charge in [-0.05, 0) is 49.1 Å². The van der Waals surface area contributed by atoms with Crippen LogP contribution in [0.1, 0.15) is 44.2 Å². The third-order valence-corrected chi connectivity index (χ3v) is 4.14. The second-order valence-corrected chi connectivity index (χ2v) is 6.84. The molecule has 0 spiro atoms. The van der Waals surface area contributed by atoms with Crippen molar-refractivity contribution in [2.45, 2.75) is 58.1 Å². The van der Waals surface area contributed by atoms with Crippen molar-refractivity contribution < 1.29 is 9.84 Å². The SMILES string of the molecule is CC(C)NCC(O)CCc1ccc(CCOCC2CC2)cc1. The number of benzene rings is 1. The van der Waals surface area contributed by atoms with E-state index in [9.17, 15) is 5.11 Å². The number of rotatable bonds is 11. The molecule has 2 rings (SSSR count). The summed E-state index contributed by atoms with van der Waals surface area (Å²) >= 11 is 0. The van der Waals surface area contributed by atoms with Crippen LogP contribution in [0.4, 0.5) is 0 Å². The first kappa shape index (κ1) is 17.5. The molecule has 3 nitrogen and oxygen atoms in total. The molecule has 1 aromatic carbocycles. The molecule has 1 atom stereocenters. The molecule has 0 amide bonds. The van der Waals surface area contributed by atoms with Gasteiger partial charge in [-0.15, -0.1) is 0 Å². The summed E-state index contributed by atoms with van der Waals surface area (Å²) in [6.07, 6.45) is 5.18. The van der Waals surface area contributed by atoms with Gasteiger partial charge in [0.25, 0.3) is 0 Å². The fourth-order valence-electron chi connectivity index (χ4n) is 2.40. The third-order valence-electron chi connectivity index (χ3n) is 4.14. The fraction of sp³-hybridized carbons (Fsp3) is 0.684. The van der Waals surface area contributed by atoms with Crippen molar-refractivity contribution in [1.29, 1.82) is 0 Å². The van der Waals surface area contributed by atoms with Crippen molar-refractivity contribution in [3.8, 4) is 0 Å². The summed E-state index contributed by atoms with van der Waals surface area (Å²) in [7, 11) is 0. The second kappa shape index (κ2) is 9.29. The summed E-state index contributed by atoms with van der Waals surface area (Å²) in [5.74, 6) is 0.846. The van der Waals surface area contributed by atoms with Crippen LogP contribution in [0.2, 0.25) is 0 Å². The summed E-state index contributed by atoms with van der Waals surface area (Å²) in [5, 5.41) is 13.2. The topological polar surface area (TPSA) is 41.5 Å². The molecule has 1 aromatic rings. The highest BCUT2D eigenvalue weighted by Gasteiger charge is 2.20. The highest BCUT2D eigenvalue weighted by Crippen LogP contribution is 2.28. The smallest absolute Gasteiger partial charge is 0.0667 e. The maximum absolute atomic E-state index is 9.93. The molecule has 1 aliphatic rings. The Balaban J connectivity index is 1.60. The summed E-state index contributed by atoms with van der Waals surface area (Å²) in [4.78, 5) is 0. The lowest BCUT2D eigenvalue weighted by atomic mass is 10.0. The first-order valence-corrected chi connectivity index (χ1v) is 8.70. The molecular weight excluding hydrogens is 274 g/mol. The zero-order valence-electron chi connectivity index (χ0n) is 14.1. The van der Waals surface area contributed by atoms with Crippen LogP contribution < -0.4 is 5.32 Å². The fourth-order valence-corrected chi connectivity index (χ4v) is 2.40. The monoisotopic (exact) mass is 305 g/mol. The first-order chi connectivity index (χ1) is 10.6. The van der Waals surface area contributed by atoms with Gasteiger partial charge >= 0.3 is 0 Å². The van der Waals surface area contributed by atoms with E-state index in [-0.39, 0.29) is 6.10 Å². The van der Waals surface area contributed by atoms with E-state index in [1.807, 2.05) is 0 Å². The van der Waals surface area contributed by atoms with Crippen LogP contribution in [0, 0.1) is 5.92 Å². The molecule has 1 unspecified atom stereocenters. The van der Waals surface area contributed by atoms with Gasteiger partial charge in [0.05, 0.1) is 12.7 Å². The Labute approximate surface area is 135 Å². The molecule has 0 heterocycles. The van der Waals surface area contributed by atoms with E-state index in [1.165, 1.54) is 24.0 Å². The minimum atomic E-state index is -0.266. The number of hydrogen-bond acceptors (Lipinski definition) is 3. The number of nitrogens with one attached hydrogen (secondary N) is 1. The van der Waals surface area contributed by atoms with E-state index < -0.39 is 0 Å². The maximum Gasteiger partial charge on any atom is 0.0667 e. The van der Waals surface area contributed by atoms with E-state index in [0.717, 1.165) is 38.4 Å². The molecule has 2 N–H and O–H groups in total. The van der Waals surface area contributed by atoms with Crippen LogP contribution in [-0.4, -0.2) is 37.0 Å². The van der Waals surface area contributed by atoms with Gasteiger partial charge in [0.1, 0.15) is 0 Å². The maximum atomic E-state index is 9.93.